The maximum Gasteiger partial charge on any atom is 0.213 e. The first-order chi connectivity index (χ1) is 9.19. The van der Waals surface area contributed by atoms with Crippen LogP contribution in [0.25, 0.3) is 0 Å². The summed E-state index contributed by atoms with van der Waals surface area (Å²) in [5, 5.41) is 9.52. The van der Waals surface area contributed by atoms with Crippen molar-refractivity contribution in [3.05, 3.63) is 53.7 Å². The maximum atomic E-state index is 9.52. The number of pyridine rings is 1. The van der Waals surface area contributed by atoms with Crippen molar-refractivity contribution in [1.82, 2.24) is 4.98 Å². The molecule has 4 heteroatoms. The summed E-state index contributed by atoms with van der Waals surface area (Å²) >= 11 is 0. The van der Waals surface area contributed by atoms with E-state index in [0.717, 1.165) is 11.3 Å². The predicted octanol–water partition coefficient (Wildman–Crippen LogP) is 2.72. The van der Waals surface area contributed by atoms with Crippen LogP contribution in [0.15, 0.2) is 42.5 Å². The number of nitrogens with zero attached hydrogens (tertiary/aromatic N) is 1. The maximum absolute atomic E-state index is 9.52. The van der Waals surface area contributed by atoms with Crippen molar-refractivity contribution in [2.75, 3.05) is 7.11 Å². The van der Waals surface area contributed by atoms with Gasteiger partial charge < -0.3 is 14.6 Å². The van der Waals surface area contributed by atoms with Gasteiger partial charge in [-0.1, -0.05) is 18.2 Å². The Hall–Kier alpha value is -2.07. The van der Waals surface area contributed by atoms with Gasteiger partial charge in [-0.15, -0.1) is 0 Å². The minimum atomic E-state index is -0.501. The van der Waals surface area contributed by atoms with Crippen molar-refractivity contribution in [3.63, 3.8) is 0 Å². The third-order valence-corrected chi connectivity index (χ3v) is 2.72. The summed E-state index contributed by atoms with van der Waals surface area (Å²) in [6, 6.07) is 12.9. The molecule has 100 valence electrons. The zero-order valence-corrected chi connectivity index (χ0v) is 11.0. The van der Waals surface area contributed by atoms with Crippen LogP contribution < -0.4 is 9.47 Å². The van der Waals surface area contributed by atoms with E-state index < -0.39 is 6.10 Å². The highest BCUT2D eigenvalue weighted by Gasteiger charge is 2.03. The van der Waals surface area contributed by atoms with Crippen molar-refractivity contribution in [1.29, 1.82) is 0 Å². The van der Waals surface area contributed by atoms with Gasteiger partial charge in [0, 0.05) is 6.07 Å². The van der Waals surface area contributed by atoms with Crippen molar-refractivity contribution in [2.24, 2.45) is 0 Å². The van der Waals surface area contributed by atoms with E-state index >= 15 is 0 Å². The normalized spacial score (nSPS) is 11.9. The van der Waals surface area contributed by atoms with Crippen LogP contribution in [0.5, 0.6) is 11.6 Å². The minimum absolute atomic E-state index is 0.362. The summed E-state index contributed by atoms with van der Waals surface area (Å²) in [5.41, 5.74) is 1.62. The van der Waals surface area contributed by atoms with Crippen LogP contribution in [-0.4, -0.2) is 17.2 Å². The van der Waals surface area contributed by atoms with Gasteiger partial charge in [-0.3, -0.25) is 0 Å². The van der Waals surface area contributed by atoms with Gasteiger partial charge in [-0.05, 0) is 30.7 Å². The molecule has 0 radical (unpaired) electrons. The summed E-state index contributed by atoms with van der Waals surface area (Å²) in [6.45, 7) is 2.09. The molecule has 0 spiro atoms. The highest BCUT2D eigenvalue weighted by Crippen LogP contribution is 2.19. The topological polar surface area (TPSA) is 51.6 Å². The molecule has 1 unspecified atom stereocenters. The number of aromatic nitrogens is 1. The Morgan fingerprint density at radius 3 is 2.74 bits per heavy atom. The Kier molecular flexibility index (Phi) is 4.36. The zero-order valence-electron chi connectivity index (χ0n) is 11.0. The molecule has 0 fully saturated rings. The molecule has 0 saturated heterocycles. The molecular formula is C15H17NO3. The summed E-state index contributed by atoms with van der Waals surface area (Å²) in [5.74, 6) is 1.28. The monoisotopic (exact) mass is 259 g/mol. The first kappa shape index (κ1) is 13.4. The van der Waals surface area contributed by atoms with E-state index in [1.54, 1.807) is 20.1 Å². The quantitative estimate of drug-likeness (QED) is 0.897. The molecule has 1 aromatic carbocycles. The molecule has 0 saturated carbocycles. The molecule has 1 aromatic heterocycles. The van der Waals surface area contributed by atoms with Crippen molar-refractivity contribution in [3.8, 4) is 11.6 Å². The van der Waals surface area contributed by atoms with Gasteiger partial charge in [0.1, 0.15) is 12.4 Å². The SMILES string of the molecule is COc1cccc(COc2cccc(C(C)O)c2)n1. The second kappa shape index (κ2) is 6.20. The Bertz CT molecular complexity index is 540. The van der Waals surface area contributed by atoms with Gasteiger partial charge in [-0.25, -0.2) is 4.98 Å². The van der Waals surface area contributed by atoms with Gasteiger partial charge >= 0.3 is 0 Å². The molecule has 0 aliphatic rings. The van der Waals surface area contributed by atoms with Gasteiger partial charge in [0.05, 0.1) is 18.9 Å². The third kappa shape index (κ3) is 3.69. The summed E-state index contributed by atoms with van der Waals surface area (Å²) < 4.78 is 10.7. The molecule has 4 nitrogen and oxygen atoms in total. The highest BCUT2D eigenvalue weighted by atomic mass is 16.5. The lowest BCUT2D eigenvalue weighted by Crippen LogP contribution is -2.00. The Labute approximate surface area is 112 Å². The van der Waals surface area contributed by atoms with E-state index in [4.69, 9.17) is 9.47 Å². The van der Waals surface area contributed by atoms with Gasteiger partial charge in [0.15, 0.2) is 0 Å². The number of hydrogen-bond acceptors (Lipinski definition) is 4. The summed E-state index contributed by atoms with van der Waals surface area (Å²) in [7, 11) is 1.58. The number of hydrogen-bond donors (Lipinski definition) is 1. The number of rotatable bonds is 5. The molecule has 2 rings (SSSR count). The fraction of sp³-hybridized carbons (Fsp3) is 0.267. The standard InChI is InChI=1S/C15H17NO3/c1-11(17)12-5-3-7-14(9-12)19-10-13-6-4-8-15(16-13)18-2/h3-9,11,17H,10H2,1-2H3. The second-order valence-electron chi connectivity index (χ2n) is 4.21. The molecule has 0 bridgehead atoms. The van der Waals surface area contributed by atoms with E-state index in [9.17, 15) is 5.11 Å². The fourth-order valence-corrected chi connectivity index (χ4v) is 1.67. The number of methoxy groups -OCH3 is 1. The Morgan fingerprint density at radius 1 is 1.21 bits per heavy atom. The summed E-state index contributed by atoms with van der Waals surface area (Å²) in [4.78, 5) is 4.27. The zero-order chi connectivity index (χ0) is 13.7. The molecule has 2 aromatic rings. The van der Waals surface area contributed by atoms with E-state index in [1.807, 2.05) is 36.4 Å². The highest BCUT2D eigenvalue weighted by molar-refractivity contribution is 5.29. The average molecular weight is 259 g/mol. The number of ether oxygens (including phenoxy) is 2. The lowest BCUT2D eigenvalue weighted by molar-refractivity contribution is 0.198. The number of benzene rings is 1. The molecule has 0 aliphatic heterocycles. The lowest BCUT2D eigenvalue weighted by Gasteiger charge is -2.09. The van der Waals surface area contributed by atoms with E-state index in [-0.39, 0.29) is 0 Å². The Morgan fingerprint density at radius 2 is 2.00 bits per heavy atom. The van der Waals surface area contributed by atoms with Crippen LogP contribution in [0.1, 0.15) is 24.3 Å². The van der Waals surface area contributed by atoms with Crippen molar-refractivity contribution >= 4 is 0 Å². The minimum Gasteiger partial charge on any atom is -0.487 e. The first-order valence-corrected chi connectivity index (χ1v) is 6.10. The van der Waals surface area contributed by atoms with Crippen LogP contribution in [0, 0.1) is 0 Å². The van der Waals surface area contributed by atoms with Crippen LogP contribution in [0.3, 0.4) is 0 Å². The van der Waals surface area contributed by atoms with Crippen LogP contribution in [0.4, 0.5) is 0 Å². The molecule has 19 heavy (non-hydrogen) atoms. The largest absolute Gasteiger partial charge is 0.487 e. The molecule has 1 atom stereocenters. The third-order valence-electron chi connectivity index (χ3n) is 2.72. The molecular weight excluding hydrogens is 242 g/mol. The summed E-state index contributed by atoms with van der Waals surface area (Å²) in [6.07, 6.45) is -0.501. The van der Waals surface area contributed by atoms with E-state index in [1.165, 1.54) is 0 Å². The number of aliphatic hydroxyl groups excluding tert-OH is 1. The average Bonchev–Trinajstić information content (AvgIpc) is 2.45. The molecule has 0 aliphatic carbocycles. The van der Waals surface area contributed by atoms with Crippen molar-refractivity contribution in [2.45, 2.75) is 19.6 Å². The molecule has 1 N–H and O–H groups in total. The van der Waals surface area contributed by atoms with E-state index in [0.29, 0.717) is 18.2 Å². The van der Waals surface area contributed by atoms with Gasteiger partial charge in [0.2, 0.25) is 5.88 Å². The lowest BCUT2D eigenvalue weighted by atomic mass is 10.1. The van der Waals surface area contributed by atoms with Crippen LogP contribution in [0.2, 0.25) is 0 Å². The number of aliphatic hydroxyl groups is 1. The predicted molar refractivity (Wildman–Crippen MR) is 72.2 cm³/mol. The fourth-order valence-electron chi connectivity index (χ4n) is 1.67. The van der Waals surface area contributed by atoms with Crippen LogP contribution in [-0.2, 0) is 6.61 Å². The first-order valence-electron chi connectivity index (χ1n) is 6.10. The Balaban J connectivity index is 2.03. The molecule has 0 amide bonds. The molecule has 1 heterocycles. The smallest absolute Gasteiger partial charge is 0.213 e. The van der Waals surface area contributed by atoms with Crippen LogP contribution >= 0.6 is 0 Å². The van der Waals surface area contributed by atoms with Crippen molar-refractivity contribution < 1.29 is 14.6 Å². The van der Waals surface area contributed by atoms with E-state index in [2.05, 4.69) is 4.98 Å². The second-order valence-corrected chi connectivity index (χ2v) is 4.21. The van der Waals surface area contributed by atoms with Gasteiger partial charge in [-0.2, -0.15) is 0 Å². The van der Waals surface area contributed by atoms with Gasteiger partial charge in [0.25, 0.3) is 0 Å².